The molecule has 1 amide bonds. The first-order chi connectivity index (χ1) is 8.60. The second-order valence-electron chi connectivity index (χ2n) is 4.36. The van der Waals surface area contributed by atoms with Gasteiger partial charge in [0.25, 0.3) is 5.91 Å². The van der Waals surface area contributed by atoms with Crippen LogP contribution >= 0.6 is 15.9 Å². The van der Waals surface area contributed by atoms with Gasteiger partial charge in [-0.1, -0.05) is 35.3 Å². The minimum Gasteiger partial charge on any atom is -0.507 e. The number of rotatable bonds is 6. The number of hydrogen-bond donors (Lipinski definition) is 1. The van der Waals surface area contributed by atoms with E-state index in [0.29, 0.717) is 12.1 Å². The zero-order chi connectivity index (χ0) is 13.5. The number of aromatic hydroxyl groups is 1. The highest BCUT2D eigenvalue weighted by Gasteiger charge is 2.17. The van der Waals surface area contributed by atoms with Crippen molar-refractivity contribution >= 4 is 21.8 Å². The Morgan fingerprint density at radius 3 is 2.67 bits per heavy atom. The summed E-state index contributed by atoms with van der Waals surface area (Å²) in [5.41, 5.74) is 1.34. The molecule has 4 heteroatoms. The van der Waals surface area contributed by atoms with E-state index in [1.807, 2.05) is 13.0 Å². The van der Waals surface area contributed by atoms with Crippen LogP contribution in [0.2, 0.25) is 0 Å². The van der Waals surface area contributed by atoms with Crippen LogP contribution in [-0.2, 0) is 0 Å². The maximum Gasteiger partial charge on any atom is 0.257 e. The van der Waals surface area contributed by atoms with Gasteiger partial charge in [-0.3, -0.25) is 4.79 Å². The number of phenolic OH excluding ortho intramolecular Hbond substituents is 1. The summed E-state index contributed by atoms with van der Waals surface area (Å²) in [5.74, 6) is -0.0310. The number of carbonyl (C=O) groups is 1. The molecule has 0 heterocycles. The van der Waals surface area contributed by atoms with E-state index < -0.39 is 0 Å². The highest BCUT2D eigenvalue weighted by atomic mass is 79.9. The molecule has 0 radical (unpaired) electrons. The number of amides is 1. The summed E-state index contributed by atoms with van der Waals surface area (Å²) in [6.07, 6.45) is 2.03. The third-order valence-electron chi connectivity index (χ3n) is 2.81. The number of aryl methyl sites for hydroxylation is 1. The zero-order valence-corrected chi connectivity index (χ0v) is 12.5. The van der Waals surface area contributed by atoms with Gasteiger partial charge in [-0.15, -0.1) is 0 Å². The van der Waals surface area contributed by atoms with Gasteiger partial charge >= 0.3 is 0 Å². The molecule has 3 nitrogen and oxygen atoms in total. The summed E-state index contributed by atoms with van der Waals surface area (Å²) in [4.78, 5) is 14.1. The molecule has 0 fully saturated rings. The fourth-order valence-electron chi connectivity index (χ4n) is 1.76. The lowest BCUT2D eigenvalue weighted by Gasteiger charge is -2.22. The van der Waals surface area contributed by atoms with Gasteiger partial charge in [0.1, 0.15) is 5.75 Å². The third-order valence-corrected chi connectivity index (χ3v) is 3.16. The molecule has 0 bridgehead atoms. The van der Waals surface area contributed by atoms with Crippen LogP contribution in [0.5, 0.6) is 5.75 Å². The van der Waals surface area contributed by atoms with Crippen LogP contribution in [0.25, 0.3) is 0 Å². The minimum atomic E-state index is -0.0969. The monoisotopic (exact) mass is 313 g/mol. The average molecular weight is 314 g/mol. The van der Waals surface area contributed by atoms with Crippen molar-refractivity contribution < 1.29 is 9.90 Å². The summed E-state index contributed by atoms with van der Waals surface area (Å²) in [6, 6.07) is 5.17. The lowest BCUT2D eigenvalue weighted by atomic mass is 10.1. The van der Waals surface area contributed by atoms with Gasteiger partial charge in [-0.25, -0.2) is 0 Å². The minimum absolute atomic E-state index is 0.0658. The van der Waals surface area contributed by atoms with E-state index in [1.54, 1.807) is 17.0 Å². The van der Waals surface area contributed by atoms with Crippen molar-refractivity contribution in [3.8, 4) is 5.75 Å². The highest BCUT2D eigenvalue weighted by molar-refractivity contribution is 9.09. The number of unbranched alkanes of at least 4 members (excludes halogenated alkanes) is 1. The Bertz CT molecular complexity index is 407. The zero-order valence-electron chi connectivity index (χ0n) is 10.9. The SMILES string of the molecule is CCCCN(CCBr)C(=O)c1ccc(C)cc1O. The Hall–Kier alpha value is -1.03. The Morgan fingerprint density at radius 2 is 2.11 bits per heavy atom. The number of hydrogen-bond acceptors (Lipinski definition) is 2. The molecule has 18 heavy (non-hydrogen) atoms. The van der Waals surface area contributed by atoms with Gasteiger partial charge in [0.15, 0.2) is 0 Å². The van der Waals surface area contributed by atoms with Gasteiger partial charge in [-0.2, -0.15) is 0 Å². The van der Waals surface area contributed by atoms with Crippen LogP contribution in [-0.4, -0.2) is 34.3 Å². The van der Waals surface area contributed by atoms with Gasteiger partial charge in [-0.05, 0) is 31.0 Å². The molecule has 0 spiro atoms. The van der Waals surface area contributed by atoms with Crippen molar-refractivity contribution in [3.05, 3.63) is 29.3 Å². The number of carbonyl (C=O) groups excluding carboxylic acids is 1. The second-order valence-corrected chi connectivity index (χ2v) is 5.15. The van der Waals surface area contributed by atoms with E-state index >= 15 is 0 Å². The Labute approximate surface area is 117 Å². The molecule has 0 aliphatic rings. The molecule has 1 aromatic rings. The molecule has 0 unspecified atom stereocenters. The predicted molar refractivity (Wildman–Crippen MR) is 77.4 cm³/mol. The summed E-state index contributed by atoms with van der Waals surface area (Å²) in [5, 5.41) is 10.6. The van der Waals surface area contributed by atoms with E-state index in [4.69, 9.17) is 0 Å². The molecule has 0 aliphatic carbocycles. The highest BCUT2D eigenvalue weighted by Crippen LogP contribution is 2.20. The van der Waals surface area contributed by atoms with E-state index in [2.05, 4.69) is 22.9 Å². The molecule has 0 saturated carbocycles. The molecule has 1 N–H and O–H groups in total. The van der Waals surface area contributed by atoms with Crippen LogP contribution in [0.15, 0.2) is 18.2 Å². The standard InChI is InChI=1S/C14H20BrNO2/c1-3-4-8-16(9-7-15)14(18)12-6-5-11(2)10-13(12)17/h5-6,10,17H,3-4,7-9H2,1-2H3. The van der Waals surface area contributed by atoms with Crippen molar-refractivity contribution in [3.63, 3.8) is 0 Å². The van der Waals surface area contributed by atoms with Gasteiger partial charge in [0, 0.05) is 18.4 Å². The smallest absolute Gasteiger partial charge is 0.257 e. The van der Waals surface area contributed by atoms with Gasteiger partial charge < -0.3 is 10.0 Å². The van der Waals surface area contributed by atoms with Gasteiger partial charge in [0.05, 0.1) is 5.56 Å². The molecule has 100 valence electrons. The molecule has 0 saturated heterocycles. The summed E-state index contributed by atoms with van der Waals surface area (Å²) >= 11 is 3.36. The summed E-state index contributed by atoms with van der Waals surface area (Å²) < 4.78 is 0. The van der Waals surface area contributed by atoms with Crippen LogP contribution in [0, 0.1) is 6.92 Å². The number of halogens is 1. The lowest BCUT2D eigenvalue weighted by Crippen LogP contribution is -2.33. The van der Waals surface area contributed by atoms with E-state index in [0.717, 1.165) is 30.3 Å². The fourth-order valence-corrected chi connectivity index (χ4v) is 2.19. The van der Waals surface area contributed by atoms with Crippen LogP contribution < -0.4 is 0 Å². The van der Waals surface area contributed by atoms with E-state index in [9.17, 15) is 9.90 Å². The number of nitrogens with zero attached hydrogens (tertiary/aromatic N) is 1. The van der Waals surface area contributed by atoms with Crippen LogP contribution in [0.4, 0.5) is 0 Å². The van der Waals surface area contributed by atoms with Crippen molar-refractivity contribution in [2.45, 2.75) is 26.7 Å². The largest absolute Gasteiger partial charge is 0.507 e. The van der Waals surface area contributed by atoms with Crippen LogP contribution in [0.1, 0.15) is 35.7 Å². The van der Waals surface area contributed by atoms with Crippen molar-refractivity contribution in [2.24, 2.45) is 0 Å². The van der Waals surface area contributed by atoms with Crippen LogP contribution in [0.3, 0.4) is 0 Å². The molecule has 0 aliphatic heterocycles. The number of phenols is 1. The van der Waals surface area contributed by atoms with E-state index in [-0.39, 0.29) is 11.7 Å². The first kappa shape index (κ1) is 15.0. The average Bonchev–Trinajstić information content (AvgIpc) is 2.33. The molecule has 1 rings (SSSR count). The van der Waals surface area contributed by atoms with Crippen molar-refractivity contribution in [2.75, 3.05) is 18.4 Å². The first-order valence-corrected chi connectivity index (χ1v) is 7.37. The Kier molecular flexibility index (Phi) is 6.19. The lowest BCUT2D eigenvalue weighted by molar-refractivity contribution is 0.0761. The molecule has 0 atom stereocenters. The normalized spacial score (nSPS) is 10.4. The fraction of sp³-hybridized carbons (Fsp3) is 0.500. The van der Waals surface area contributed by atoms with Gasteiger partial charge in [0.2, 0.25) is 0 Å². The second kappa shape index (κ2) is 7.41. The first-order valence-electron chi connectivity index (χ1n) is 6.25. The quantitative estimate of drug-likeness (QED) is 0.818. The number of alkyl halides is 1. The molecular weight excluding hydrogens is 294 g/mol. The maximum atomic E-state index is 12.3. The Morgan fingerprint density at radius 1 is 1.39 bits per heavy atom. The third kappa shape index (κ3) is 4.02. The summed E-state index contributed by atoms with van der Waals surface area (Å²) in [6.45, 7) is 5.38. The molecule has 0 aromatic heterocycles. The molecular formula is C14H20BrNO2. The molecule has 1 aromatic carbocycles. The predicted octanol–water partition coefficient (Wildman–Crippen LogP) is 3.34. The van der Waals surface area contributed by atoms with Crippen molar-refractivity contribution in [1.29, 1.82) is 0 Å². The van der Waals surface area contributed by atoms with E-state index in [1.165, 1.54) is 0 Å². The Balaban J connectivity index is 2.87. The number of benzene rings is 1. The topological polar surface area (TPSA) is 40.5 Å². The van der Waals surface area contributed by atoms with Crippen molar-refractivity contribution in [1.82, 2.24) is 4.90 Å². The summed E-state index contributed by atoms with van der Waals surface area (Å²) in [7, 11) is 0. The maximum absolute atomic E-state index is 12.3.